The fourth-order valence-corrected chi connectivity index (χ4v) is 23.1. The van der Waals surface area contributed by atoms with Gasteiger partial charge in [-0.2, -0.15) is 33.6 Å². The second-order valence-corrected chi connectivity index (χ2v) is 41.0. The van der Waals surface area contributed by atoms with Crippen LogP contribution in [-0.2, 0) is 60.4 Å². The number of amides is 3. The summed E-state index contributed by atoms with van der Waals surface area (Å²) in [6, 6.07) is 61.1. The molecule has 16 heterocycles. The third kappa shape index (κ3) is 17.5. The molecule has 24 rings (SSSR count). The van der Waals surface area contributed by atoms with E-state index in [9.17, 15) is 49.8 Å². The Morgan fingerprint density at radius 1 is 0.507 bits per heavy atom. The summed E-state index contributed by atoms with van der Waals surface area (Å²) >= 11 is 1.45. The van der Waals surface area contributed by atoms with Crippen LogP contribution in [0.2, 0.25) is 0 Å². The number of aliphatic imine (C=N–C) groups is 3. The molecule has 3 saturated carbocycles. The molecule has 15 aromatic rings. The number of hydrogen-bond donors (Lipinski definition) is 1. The number of benzene rings is 5. The normalized spacial score (nSPS) is 18.6. The van der Waals surface area contributed by atoms with E-state index in [-0.39, 0.29) is 82.4 Å². The quantitative estimate of drug-likeness (QED) is 0.0692. The van der Waals surface area contributed by atoms with Crippen molar-refractivity contribution in [3.05, 3.63) is 303 Å². The van der Waals surface area contributed by atoms with Crippen LogP contribution in [0.15, 0.2) is 270 Å². The molecule has 3 amide bonds. The van der Waals surface area contributed by atoms with E-state index in [1.165, 1.54) is 57.5 Å². The number of aromatic nitrogens is 16. The standard InChI is InChI=1S/C28H24FN7OS.C26H27N7O2.C24H23FN6O3S.C24H23FN6O2S/c1-34-26(37)24-25(36-21-8-4-7-20(21)32-28(34)36)33-35(27(24)38-23-10-2-3-15-30-23)16-17-11-13-18(14-12-17)19-6-5-9-22(29)31-19;1-18(2)13-32-22-15-31(14-19-9-11-21(12-10-19)33-17-27-16-28-33)24(29-20-7-5-4-6-8-20)23(22)25(34)30(3)26(32)35;1-29-22(32)20-21(31-18-7-3-6-17(18)27-24(29)31)28-30(23(20)35(2,33)34)13-14-9-11-15(12-10-14)16-5-4-8-19(25)26-16;1-29-22(32)20-21(31-18-7-3-6-17(18)27-24(29)31)28-30(23(20)34(2)33)13-14-9-11-15(12-10-14)16-5-4-8-19(25)26-16/h2-3,5-6,9-15,20-21H,4,7-8,16H2,1H3;4-12,15-18,29H,13-14H2,1-3H3;4-5,8-12,17-18H,3,6-7,13H2,1-2H3;4-5,8-12,17-18H,3,6-7,13H2,1-2H3/t20-,21+;;17-,18+;17-,18+,34?/m1.11/s1. The maximum Gasteiger partial charge on any atom is 0.331 e. The molecule has 722 valence electrons. The minimum Gasteiger partial charge on any atom is -0.341 e. The zero-order valence-electron chi connectivity index (χ0n) is 78.6. The van der Waals surface area contributed by atoms with E-state index in [1.807, 2.05) is 154 Å². The molecule has 3 aliphatic carbocycles. The fourth-order valence-electron chi connectivity index (χ4n) is 20.3. The smallest absolute Gasteiger partial charge is 0.331 e. The van der Waals surface area contributed by atoms with E-state index in [1.54, 1.807) is 112 Å². The van der Waals surface area contributed by atoms with E-state index in [2.05, 4.69) is 64.1 Å². The van der Waals surface area contributed by atoms with Crippen molar-refractivity contribution in [2.75, 3.05) is 53.7 Å². The van der Waals surface area contributed by atoms with Gasteiger partial charge >= 0.3 is 5.69 Å². The molecule has 0 radical (unpaired) electrons. The van der Waals surface area contributed by atoms with Crippen molar-refractivity contribution in [3.8, 4) is 39.5 Å². The van der Waals surface area contributed by atoms with E-state index in [4.69, 9.17) is 25.2 Å². The van der Waals surface area contributed by atoms with E-state index in [0.717, 1.165) is 124 Å². The summed E-state index contributed by atoms with van der Waals surface area (Å²) < 4.78 is 90.8. The highest BCUT2D eigenvalue weighted by atomic mass is 32.2. The zero-order valence-corrected chi connectivity index (χ0v) is 81.1. The molecule has 6 aliphatic heterocycles. The van der Waals surface area contributed by atoms with Gasteiger partial charge in [0.15, 0.2) is 32.3 Å². The summed E-state index contributed by atoms with van der Waals surface area (Å²) in [4.78, 5) is 112. The lowest BCUT2D eigenvalue weighted by Crippen LogP contribution is -2.51. The lowest BCUT2D eigenvalue weighted by atomic mass is 10.1. The first kappa shape index (κ1) is 92.9. The summed E-state index contributed by atoms with van der Waals surface area (Å²) in [5, 5.41) is 24.5. The van der Waals surface area contributed by atoms with E-state index >= 15 is 0 Å². The van der Waals surface area contributed by atoms with Gasteiger partial charge in [-0.3, -0.25) is 66.6 Å². The van der Waals surface area contributed by atoms with Gasteiger partial charge in [-0.05, 0) is 171 Å². The first-order chi connectivity index (χ1) is 68.6. The number of carbonyl (C=O) groups excluding carboxylic acids is 3. The van der Waals surface area contributed by atoms with Crippen LogP contribution in [0, 0.1) is 23.8 Å². The Hall–Kier alpha value is -15.5. The van der Waals surface area contributed by atoms with Gasteiger partial charge in [0.25, 0.3) is 23.3 Å². The minimum absolute atomic E-state index is 0.0770. The molecule has 34 nitrogen and oxygen atoms in total. The topological polar surface area (TPSA) is 356 Å². The summed E-state index contributed by atoms with van der Waals surface area (Å²) in [7, 11) is 1.47. The Morgan fingerprint density at radius 3 is 1.43 bits per heavy atom. The second kappa shape index (κ2) is 37.9. The summed E-state index contributed by atoms with van der Waals surface area (Å²) in [6.45, 7) is 6.11. The molecule has 5 aromatic carbocycles. The zero-order chi connectivity index (χ0) is 98.4. The number of pyridine rings is 4. The number of fused-ring (bicyclic) bond motifs is 16. The van der Waals surface area contributed by atoms with Gasteiger partial charge in [0.1, 0.15) is 55.6 Å². The molecule has 0 bridgehead atoms. The van der Waals surface area contributed by atoms with Crippen molar-refractivity contribution in [2.45, 2.75) is 161 Å². The predicted molar refractivity (Wildman–Crippen MR) is 533 cm³/mol. The van der Waals surface area contributed by atoms with Crippen LogP contribution in [0.25, 0.3) is 50.4 Å². The van der Waals surface area contributed by atoms with Crippen LogP contribution >= 0.6 is 11.8 Å². The highest BCUT2D eigenvalue weighted by molar-refractivity contribution is 7.99. The number of para-hydroxylation sites is 1. The maximum absolute atomic E-state index is 13.7. The van der Waals surface area contributed by atoms with Crippen LogP contribution in [-0.4, -0.2) is 211 Å². The van der Waals surface area contributed by atoms with Gasteiger partial charge < -0.3 is 9.88 Å². The number of guanidine groups is 3. The third-order valence-corrected chi connectivity index (χ3v) is 30.1. The number of halogens is 3. The third-order valence-electron chi connectivity index (χ3n) is 26.9. The van der Waals surface area contributed by atoms with Crippen molar-refractivity contribution >= 4 is 108 Å². The molecule has 3 fully saturated rings. The minimum atomic E-state index is -3.78. The van der Waals surface area contributed by atoms with Crippen molar-refractivity contribution in [1.29, 1.82) is 0 Å². The number of carbonyl (C=O) groups is 3. The molecule has 0 spiro atoms. The number of sulfone groups is 1. The number of anilines is 5. The molecule has 9 aliphatic rings. The number of rotatable bonds is 20. The maximum atomic E-state index is 13.7. The molecule has 1 N–H and O–H groups in total. The van der Waals surface area contributed by atoms with Crippen LogP contribution in [0.4, 0.5) is 42.1 Å². The largest absolute Gasteiger partial charge is 0.341 e. The second-order valence-electron chi connectivity index (χ2n) is 36.8. The van der Waals surface area contributed by atoms with Crippen molar-refractivity contribution in [1.82, 2.24) is 92.4 Å². The van der Waals surface area contributed by atoms with Crippen molar-refractivity contribution in [2.24, 2.45) is 27.9 Å². The molecule has 7 atom stereocenters. The highest BCUT2D eigenvalue weighted by Crippen LogP contribution is 2.48. The predicted octanol–water partition coefficient (Wildman–Crippen LogP) is 14.2. The summed E-state index contributed by atoms with van der Waals surface area (Å²) in [5.74, 6) is 2.03. The summed E-state index contributed by atoms with van der Waals surface area (Å²) in [5.41, 5.74) is 10.6. The first-order valence-corrected chi connectivity index (χ1v) is 51.0. The molecular formula is C102H97F3N26O8S3. The molecule has 142 heavy (non-hydrogen) atoms. The monoisotopic (exact) mass is 1970 g/mol. The fraction of sp³-hybridized carbons (Fsp3) is 0.284. The van der Waals surface area contributed by atoms with E-state index < -0.39 is 44.4 Å². The van der Waals surface area contributed by atoms with Crippen molar-refractivity contribution in [3.63, 3.8) is 0 Å². The molecule has 10 aromatic heterocycles. The number of nitrogens with one attached hydrogen (secondary N) is 1. The van der Waals surface area contributed by atoms with Gasteiger partial charge in [0.2, 0.25) is 35.7 Å². The van der Waals surface area contributed by atoms with Crippen LogP contribution in [0.1, 0.15) is 125 Å². The molecular weight excluding hydrogens is 1870 g/mol. The van der Waals surface area contributed by atoms with E-state index in [0.29, 0.717) is 111 Å². The van der Waals surface area contributed by atoms with Gasteiger partial charge in [0, 0.05) is 88.6 Å². The lowest BCUT2D eigenvalue weighted by molar-refractivity contribution is 0.0853. The SMILES string of the molecule is CC(C)Cn1c(=O)n(C)c(=O)c2c(Nc3ccccc3)n(Cc3ccc(-n4cncn4)cc3)cc21.CN1C(=O)c2c(nn(Cc3ccc(-c4cccc(F)n4)cc3)c2S(C)(=O)=O)N2C1=N[C@@H]1CCC[C@@H]12.CN1C(=O)c2c(nn(Cc3ccc(-c4cccc(F)n4)cc3)c2S(C)=O)N2C1=N[C@@H]1CCC[C@@H]12.CN1C(=O)c2c(nn(Cc3ccc(-c4cccc(F)n4)cc3)c2Sc2ccccn2)N2C1=N[C@@H]1CCC[C@@H]12. The summed E-state index contributed by atoms with van der Waals surface area (Å²) in [6.07, 6.45) is 18.6. The lowest BCUT2D eigenvalue weighted by Gasteiger charge is -2.34. The van der Waals surface area contributed by atoms with Crippen molar-refractivity contribution < 1.29 is 40.2 Å². The van der Waals surface area contributed by atoms with Crippen LogP contribution in [0.5, 0.6) is 0 Å². The Bertz CT molecular complexity index is 7850. The van der Waals surface area contributed by atoms with Gasteiger partial charge in [0.05, 0.1) is 95.0 Å². The number of hydrogen-bond acceptors (Lipinski definition) is 25. The highest BCUT2D eigenvalue weighted by Gasteiger charge is 2.54. The molecule has 40 heteroatoms. The van der Waals surface area contributed by atoms with Gasteiger partial charge in [-0.15, -0.1) is 0 Å². The van der Waals surface area contributed by atoms with Crippen LogP contribution in [0.3, 0.4) is 0 Å². The Kier molecular flexibility index (Phi) is 24.8. The average molecular weight is 1970 g/mol. The Balaban J connectivity index is 0.000000112. The molecule has 1 unspecified atom stereocenters. The van der Waals surface area contributed by atoms with Gasteiger partial charge in [-0.1, -0.05) is 141 Å². The Morgan fingerprint density at radius 2 is 0.958 bits per heavy atom. The van der Waals surface area contributed by atoms with Crippen LogP contribution < -0.4 is 31.3 Å². The number of nitrogens with zero attached hydrogens (tertiary/aromatic N) is 25. The first-order valence-electron chi connectivity index (χ1n) is 46.8. The van der Waals surface area contributed by atoms with Gasteiger partial charge in [-0.25, -0.2) is 67.2 Å². The average Bonchev–Trinajstić information content (AvgIpc) is 1.55. The Labute approximate surface area is 820 Å². The molecule has 0 saturated heterocycles.